The Hall–Kier alpha value is -1.03. The number of benzene rings is 1. The van der Waals surface area contributed by atoms with Crippen LogP contribution in [0.5, 0.6) is 0 Å². The number of hydrogen-bond donors (Lipinski definition) is 1. The Kier molecular flexibility index (Phi) is 9.96. The molecular formula is C18H30NO2S. The van der Waals surface area contributed by atoms with Crippen LogP contribution in [0.2, 0.25) is 0 Å². The first-order valence-electron chi connectivity index (χ1n) is 8.60. The van der Waals surface area contributed by atoms with Crippen molar-refractivity contribution in [2.24, 2.45) is 0 Å². The van der Waals surface area contributed by atoms with Crippen LogP contribution >= 0.6 is 0 Å². The highest BCUT2D eigenvalue weighted by atomic mass is 32.2. The van der Waals surface area contributed by atoms with E-state index in [1.807, 2.05) is 0 Å². The monoisotopic (exact) mass is 324 g/mol. The Balaban J connectivity index is 2.02. The molecule has 0 saturated carbocycles. The van der Waals surface area contributed by atoms with E-state index in [4.69, 9.17) is 0 Å². The summed E-state index contributed by atoms with van der Waals surface area (Å²) in [5.74, 6) is 0.207. The second-order valence-corrected chi connectivity index (χ2v) is 7.74. The molecule has 4 heteroatoms. The second kappa shape index (κ2) is 11.5. The molecule has 0 saturated heterocycles. The van der Waals surface area contributed by atoms with Crippen molar-refractivity contribution in [3.05, 3.63) is 30.3 Å². The van der Waals surface area contributed by atoms with Gasteiger partial charge in [0.1, 0.15) is 0 Å². The van der Waals surface area contributed by atoms with E-state index in [1.165, 1.54) is 44.9 Å². The van der Waals surface area contributed by atoms with Crippen molar-refractivity contribution in [2.45, 2.75) is 71.1 Å². The van der Waals surface area contributed by atoms with Gasteiger partial charge in [-0.05, 0) is 24.6 Å². The molecule has 0 bridgehead atoms. The van der Waals surface area contributed by atoms with Crippen LogP contribution in [0.15, 0.2) is 24.3 Å². The van der Waals surface area contributed by atoms with E-state index in [0.29, 0.717) is 5.69 Å². The summed E-state index contributed by atoms with van der Waals surface area (Å²) in [5.41, 5.74) is 0.592. The van der Waals surface area contributed by atoms with Crippen molar-refractivity contribution in [3.63, 3.8) is 0 Å². The minimum absolute atomic E-state index is 0.207. The lowest BCUT2D eigenvalue weighted by molar-refractivity contribution is 0.558. The zero-order valence-electron chi connectivity index (χ0n) is 13.8. The van der Waals surface area contributed by atoms with Crippen molar-refractivity contribution in [1.82, 2.24) is 0 Å². The summed E-state index contributed by atoms with van der Waals surface area (Å²) in [6, 6.07) is 9.78. The minimum Gasteiger partial charge on any atom is -0.284 e. The number of sulfonamides is 1. The predicted octanol–water partition coefficient (Wildman–Crippen LogP) is 5.15. The summed E-state index contributed by atoms with van der Waals surface area (Å²) < 4.78 is 26.4. The lowest BCUT2D eigenvalue weighted by atomic mass is 10.1. The highest BCUT2D eigenvalue weighted by Crippen LogP contribution is 2.12. The molecule has 1 aromatic carbocycles. The summed E-state index contributed by atoms with van der Waals surface area (Å²) in [4.78, 5) is 0. The normalized spacial score (nSPS) is 11.5. The standard InChI is InChI=1S/C18H30NO2S/c1-2-3-4-5-6-7-8-9-10-14-17-22(20,21)19-18-15-12-11-13-16-18/h11-12,15-16,19H,2-10,14,17H2,1H3. The molecule has 0 fully saturated rings. The van der Waals surface area contributed by atoms with E-state index >= 15 is 0 Å². The zero-order chi connectivity index (χ0) is 16.1. The van der Waals surface area contributed by atoms with E-state index < -0.39 is 10.0 Å². The summed E-state index contributed by atoms with van der Waals surface area (Å²) >= 11 is 0. The minimum atomic E-state index is -3.21. The van der Waals surface area contributed by atoms with Gasteiger partial charge >= 0.3 is 0 Å². The fourth-order valence-electron chi connectivity index (χ4n) is 2.47. The van der Waals surface area contributed by atoms with Gasteiger partial charge < -0.3 is 0 Å². The quantitative estimate of drug-likeness (QED) is 0.510. The van der Waals surface area contributed by atoms with Crippen molar-refractivity contribution in [3.8, 4) is 0 Å². The Morgan fingerprint density at radius 2 is 1.55 bits per heavy atom. The first-order chi connectivity index (χ1) is 10.6. The van der Waals surface area contributed by atoms with Crippen LogP contribution in [0.25, 0.3) is 0 Å². The van der Waals surface area contributed by atoms with Crippen LogP contribution in [-0.2, 0) is 10.0 Å². The number of nitrogens with one attached hydrogen (secondary N) is 1. The van der Waals surface area contributed by atoms with E-state index in [1.54, 1.807) is 24.3 Å². The van der Waals surface area contributed by atoms with Crippen LogP contribution in [0, 0.1) is 6.07 Å². The molecule has 0 atom stereocenters. The van der Waals surface area contributed by atoms with E-state index in [-0.39, 0.29) is 5.75 Å². The SMILES string of the molecule is CCCCCCCCCCCCS(=O)(=O)Nc1c[c]ccc1. The molecule has 1 N–H and O–H groups in total. The van der Waals surface area contributed by atoms with Crippen LogP contribution in [0.1, 0.15) is 71.1 Å². The van der Waals surface area contributed by atoms with Gasteiger partial charge in [-0.3, -0.25) is 4.72 Å². The van der Waals surface area contributed by atoms with Gasteiger partial charge in [-0.2, -0.15) is 0 Å². The van der Waals surface area contributed by atoms with Gasteiger partial charge in [0, 0.05) is 5.69 Å². The van der Waals surface area contributed by atoms with Crippen LogP contribution in [-0.4, -0.2) is 14.2 Å². The van der Waals surface area contributed by atoms with Gasteiger partial charge in [0.05, 0.1) is 5.75 Å². The third kappa shape index (κ3) is 9.82. The maximum absolute atomic E-state index is 11.9. The maximum Gasteiger partial charge on any atom is 0.232 e. The van der Waals surface area contributed by atoms with Crippen LogP contribution < -0.4 is 4.72 Å². The van der Waals surface area contributed by atoms with Crippen molar-refractivity contribution in [1.29, 1.82) is 0 Å². The van der Waals surface area contributed by atoms with Gasteiger partial charge in [-0.15, -0.1) is 0 Å². The third-order valence-electron chi connectivity index (χ3n) is 3.75. The largest absolute Gasteiger partial charge is 0.284 e. The average Bonchev–Trinajstić information content (AvgIpc) is 2.49. The molecule has 125 valence electrons. The van der Waals surface area contributed by atoms with Gasteiger partial charge in [-0.1, -0.05) is 76.8 Å². The average molecular weight is 325 g/mol. The molecule has 0 aliphatic carbocycles. The third-order valence-corrected chi connectivity index (χ3v) is 5.12. The Labute approximate surface area is 136 Å². The fraction of sp³-hybridized carbons (Fsp3) is 0.667. The maximum atomic E-state index is 11.9. The molecule has 0 amide bonds. The molecule has 0 spiro atoms. The summed E-state index contributed by atoms with van der Waals surface area (Å²) in [6.07, 6.45) is 12.1. The van der Waals surface area contributed by atoms with Gasteiger partial charge in [-0.25, -0.2) is 8.42 Å². The highest BCUT2D eigenvalue weighted by molar-refractivity contribution is 7.92. The smallest absolute Gasteiger partial charge is 0.232 e. The van der Waals surface area contributed by atoms with Crippen molar-refractivity contribution >= 4 is 15.7 Å². The molecule has 22 heavy (non-hydrogen) atoms. The van der Waals surface area contributed by atoms with Crippen molar-refractivity contribution in [2.75, 3.05) is 10.5 Å². The van der Waals surface area contributed by atoms with E-state index in [9.17, 15) is 8.42 Å². The predicted molar refractivity (Wildman–Crippen MR) is 94.5 cm³/mol. The van der Waals surface area contributed by atoms with Crippen LogP contribution in [0.3, 0.4) is 0 Å². The number of rotatable bonds is 13. The number of anilines is 1. The van der Waals surface area contributed by atoms with Crippen LogP contribution in [0.4, 0.5) is 5.69 Å². The lowest BCUT2D eigenvalue weighted by Crippen LogP contribution is -2.16. The van der Waals surface area contributed by atoms with Gasteiger partial charge in [0.25, 0.3) is 0 Å². The Morgan fingerprint density at radius 3 is 2.09 bits per heavy atom. The molecule has 1 radical (unpaired) electrons. The summed E-state index contributed by atoms with van der Waals surface area (Å²) in [7, 11) is -3.21. The molecule has 0 unspecified atom stereocenters. The van der Waals surface area contributed by atoms with Gasteiger partial charge in [0.2, 0.25) is 10.0 Å². The first kappa shape index (κ1) is 19.0. The highest BCUT2D eigenvalue weighted by Gasteiger charge is 2.09. The molecule has 0 heterocycles. The van der Waals surface area contributed by atoms with E-state index in [2.05, 4.69) is 17.7 Å². The zero-order valence-corrected chi connectivity index (χ0v) is 14.6. The Morgan fingerprint density at radius 1 is 0.955 bits per heavy atom. The molecule has 3 nitrogen and oxygen atoms in total. The van der Waals surface area contributed by atoms with Gasteiger partial charge in [0.15, 0.2) is 0 Å². The van der Waals surface area contributed by atoms with E-state index in [0.717, 1.165) is 19.3 Å². The molecule has 0 aromatic heterocycles. The summed E-state index contributed by atoms with van der Waals surface area (Å²) in [6.45, 7) is 2.24. The molecule has 1 rings (SSSR count). The molecule has 0 aliphatic rings. The molecular weight excluding hydrogens is 294 g/mol. The number of hydrogen-bond acceptors (Lipinski definition) is 2. The van der Waals surface area contributed by atoms with Crippen molar-refractivity contribution < 1.29 is 8.42 Å². The molecule has 1 aromatic rings. The Bertz CT molecular complexity index is 471. The summed E-state index contributed by atoms with van der Waals surface area (Å²) in [5, 5.41) is 0. The topological polar surface area (TPSA) is 46.2 Å². The fourth-order valence-corrected chi connectivity index (χ4v) is 3.64. The lowest BCUT2D eigenvalue weighted by Gasteiger charge is -2.07. The molecule has 0 aliphatic heterocycles. The first-order valence-corrected chi connectivity index (χ1v) is 10.3. The number of unbranched alkanes of at least 4 members (excludes halogenated alkanes) is 9. The second-order valence-electron chi connectivity index (χ2n) is 5.90.